The predicted octanol–water partition coefficient (Wildman–Crippen LogP) is 7.27. The van der Waals surface area contributed by atoms with Crippen LogP contribution in [0.5, 0.6) is 0 Å². The average Bonchev–Trinajstić information content (AvgIpc) is 3.35. The SMILES string of the molecule is CC/C=C\C/C=C\C/C=C\CCCCCCCCCC(=O)NC(COC1OC(CO)C(OC2OC(CO)C(OC3OC(CO)C(O)C(O)C3O)C(O)C2O)C(O)C1O)C(O)CCCCCCCCCCCCCCCCCCCCCCC. The van der Waals surface area contributed by atoms with Crippen molar-refractivity contribution < 1.29 is 89.4 Å². The van der Waals surface area contributed by atoms with Gasteiger partial charge in [-0.25, -0.2) is 0 Å². The number of aliphatic hydroxyl groups excluding tert-OH is 11. The topological polar surface area (TPSA) is 307 Å². The minimum absolute atomic E-state index is 0.252. The first kappa shape index (κ1) is 75.3. The Morgan fingerprint density at radius 1 is 0.446 bits per heavy atom. The van der Waals surface area contributed by atoms with Crippen LogP contribution in [0.25, 0.3) is 0 Å². The molecule has 0 aromatic rings. The molecule has 0 radical (unpaired) electrons. The highest BCUT2D eigenvalue weighted by Crippen LogP contribution is 2.33. The third-order valence-electron chi connectivity index (χ3n) is 16.5. The van der Waals surface area contributed by atoms with E-state index in [1.165, 1.54) is 109 Å². The van der Waals surface area contributed by atoms with Gasteiger partial charge in [0.1, 0.15) is 73.2 Å². The summed E-state index contributed by atoms with van der Waals surface area (Å²) in [5.74, 6) is -0.252. The Morgan fingerprint density at radius 2 is 0.831 bits per heavy atom. The summed E-state index contributed by atoms with van der Waals surface area (Å²) < 4.78 is 34.4. The van der Waals surface area contributed by atoms with Crippen LogP contribution in [-0.4, -0.2) is 193 Å². The maximum absolute atomic E-state index is 13.4. The lowest BCUT2D eigenvalue weighted by molar-refractivity contribution is -0.379. The lowest BCUT2D eigenvalue weighted by atomic mass is 9.96. The first-order valence-corrected chi connectivity index (χ1v) is 32.7. The Bertz CT molecular complexity index is 1660. The van der Waals surface area contributed by atoms with Gasteiger partial charge >= 0.3 is 0 Å². The van der Waals surface area contributed by atoms with Crippen LogP contribution in [0.3, 0.4) is 0 Å². The lowest BCUT2D eigenvalue weighted by Crippen LogP contribution is -2.66. The van der Waals surface area contributed by atoms with Gasteiger partial charge in [-0.2, -0.15) is 0 Å². The molecule has 3 saturated heterocycles. The van der Waals surface area contributed by atoms with Crippen LogP contribution in [0.4, 0.5) is 0 Å². The molecule has 3 fully saturated rings. The van der Waals surface area contributed by atoms with E-state index in [0.717, 1.165) is 89.9 Å². The third-order valence-corrected chi connectivity index (χ3v) is 16.5. The average molecular weight is 1190 g/mol. The molecule has 0 aliphatic carbocycles. The molecule has 12 N–H and O–H groups in total. The molecule has 3 heterocycles. The number of rotatable bonds is 49. The highest BCUT2D eigenvalue weighted by atomic mass is 16.8. The fourth-order valence-corrected chi connectivity index (χ4v) is 11.2. The Balaban J connectivity index is 1.46. The molecule has 17 atom stereocenters. The standard InChI is InChI=1S/C64H117NO18/c1-3-5-7-9-11-13-15-17-19-21-22-23-24-26-27-29-31-33-35-37-39-41-48(69)47(65-52(70)42-40-38-36-34-32-30-28-25-20-18-16-14-12-10-8-6-4-2)46-78-62-58(76)55(73)60(50(44-67)80-62)83-64-59(77)56(74)61(51(45-68)81-64)82-63-57(75)54(72)53(71)49(43-66)79-63/h6,8,12,14,18,20,47-51,53-64,66-69,71-77H,3-5,7,9-11,13,15-17,19,21-46H2,1-2H3,(H,65,70)/b8-6-,14-12-,20-18-. The number of unbranched alkanes of at least 4 members (excludes halogenated alkanes) is 27. The van der Waals surface area contributed by atoms with Crippen molar-refractivity contribution in [2.75, 3.05) is 26.4 Å². The Morgan fingerprint density at radius 3 is 1.30 bits per heavy atom. The molecule has 0 aromatic heterocycles. The summed E-state index contributed by atoms with van der Waals surface area (Å²) in [6, 6.07) is -0.893. The first-order chi connectivity index (χ1) is 40.3. The van der Waals surface area contributed by atoms with Gasteiger partial charge in [0.05, 0.1) is 38.6 Å². The normalized spacial score (nSPS) is 29.6. The molecule has 1 amide bonds. The predicted molar refractivity (Wildman–Crippen MR) is 319 cm³/mol. The van der Waals surface area contributed by atoms with Gasteiger partial charge in [0.25, 0.3) is 0 Å². The Kier molecular flexibility index (Phi) is 42.7. The molecule has 0 spiro atoms. The van der Waals surface area contributed by atoms with Crippen LogP contribution in [0.2, 0.25) is 0 Å². The maximum atomic E-state index is 13.4. The van der Waals surface area contributed by atoms with E-state index >= 15 is 0 Å². The van der Waals surface area contributed by atoms with E-state index in [1.54, 1.807) is 0 Å². The molecular weight excluding hydrogens is 1070 g/mol. The summed E-state index contributed by atoms with van der Waals surface area (Å²) in [6.07, 6.45) is 25.0. The molecule has 0 saturated carbocycles. The van der Waals surface area contributed by atoms with Gasteiger partial charge in [-0.15, -0.1) is 0 Å². The zero-order valence-corrected chi connectivity index (χ0v) is 50.9. The van der Waals surface area contributed by atoms with Crippen LogP contribution in [-0.2, 0) is 33.2 Å². The molecule has 3 aliphatic heterocycles. The van der Waals surface area contributed by atoms with Crippen molar-refractivity contribution in [2.24, 2.45) is 0 Å². The summed E-state index contributed by atoms with van der Waals surface area (Å²) in [7, 11) is 0. The number of hydrogen-bond acceptors (Lipinski definition) is 18. The number of allylic oxidation sites excluding steroid dienone is 6. The number of ether oxygens (including phenoxy) is 6. The second-order valence-corrected chi connectivity index (χ2v) is 23.6. The second kappa shape index (κ2) is 47.1. The van der Waals surface area contributed by atoms with E-state index in [2.05, 4.69) is 55.6 Å². The smallest absolute Gasteiger partial charge is 0.220 e. The van der Waals surface area contributed by atoms with Crippen molar-refractivity contribution in [1.82, 2.24) is 5.32 Å². The second-order valence-electron chi connectivity index (χ2n) is 23.6. The molecule has 3 rings (SSSR count). The molecule has 3 aliphatic rings. The summed E-state index contributed by atoms with van der Waals surface area (Å²) in [4.78, 5) is 13.4. The van der Waals surface area contributed by atoms with Gasteiger partial charge in [-0.3, -0.25) is 4.79 Å². The van der Waals surface area contributed by atoms with Gasteiger partial charge in [-0.1, -0.05) is 217 Å². The van der Waals surface area contributed by atoms with Crippen molar-refractivity contribution in [1.29, 1.82) is 0 Å². The van der Waals surface area contributed by atoms with E-state index in [4.69, 9.17) is 28.4 Å². The molecule has 19 heteroatoms. The van der Waals surface area contributed by atoms with Gasteiger partial charge in [-0.05, 0) is 44.9 Å². The Labute approximate surface area is 498 Å². The summed E-state index contributed by atoms with van der Waals surface area (Å²) in [5.41, 5.74) is 0. The van der Waals surface area contributed by atoms with E-state index in [0.29, 0.717) is 12.8 Å². The highest BCUT2D eigenvalue weighted by molar-refractivity contribution is 5.76. The molecule has 486 valence electrons. The van der Waals surface area contributed by atoms with Crippen molar-refractivity contribution in [3.8, 4) is 0 Å². The molecule has 17 unspecified atom stereocenters. The highest BCUT2D eigenvalue weighted by Gasteiger charge is 2.53. The van der Waals surface area contributed by atoms with Crippen LogP contribution < -0.4 is 5.32 Å². The monoisotopic (exact) mass is 1190 g/mol. The van der Waals surface area contributed by atoms with Gasteiger partial charge < -0.3 is 89.9 Å². The number of carbonyl (C=O) groups excluding carboxylic acids is 1. The van der Waals surface area contributed by atoms with Gasteiger partial charge in [0.15, 0.2) is 18.9 Å². The van der Waals surface area contributed by atoms with Gasteiger partial charge in [0, 0.05) is 6.42 Å². The molecular formula is C64H117NO18. The molecule has 19 nitrogen and oxygen atoms in total. The minimum atomic E-state index is -1.97. The van der Waals surface area contributed by atoms with E-state index in [-0.39, 0.29) is 18.9 Å². The number of carbonyl (C=O) groups is 1. The summed E-state index contributed by atoms with van der Waals surface area (Å²) >= 11 is 0. The van der Waals surface area contributed by atoms with Crippen LogP contribution in [0, 0.1) is 0 Å². The molecule has 0 bridgehead atoms. The number of amides is 1. The third kappa shape index (κ3) is 30.2. The van der Waals surface area contributed by atoms with Gasteiger partial charge in [0.2, 0.25) is 5.91 Å². The fourth-order valence-electron chi connectivity index (χ4n) is 11.2. The van der Waals surface area contributed by atoms with Crippen LogP contribution >= 0.6 is 0 Å². The van der Waals surface area contributed by atoms with Crippen molar-refractivity contribution in [2.45, 2.75) is 336 Å². The minimum Gasteiger partial charge on any atom is -0.394 e. The van der Waals surface area contributed by atoms with Crippen molar-refractivity contribution in [3.05, 3.63) is 36.5 Å². The largest absolute Gasteiger partial charge is 0.394 e. The quantitative estimate of drug-likeness (QED) is 0.0211. The van der Waals surface area contributed by atoms with Crippen molar-refractivity contribution in [3.63, 3.8) is 0 Å². The van der Waals surface area contributed by atoms with Crippen LogP contribution in [0.15, 0.2) is 36.5 Å². The lowest BCUT2D eigenvalue weighted by Gasteiger charge is -2.48. The molecule has 0 aromatic carbocycles. The fraction of sp³-hybridized carbons (Fsp3) is 0.891. The number of nitrogens with one attached hydrogen (secondary N) is 1. The van der Waals surface area contributed by atoms with E-state index < -0.39 is 124 Å². The molecule has 83 heavy (non-hydrogen) atoms. The number of aliphatic hydroxyl groups is 11. The van der Waals surface area contributed by atoms with Crippen LogP contribution in [0.1, 0.15) is 232 Å². The zero-order chi connectivity index (χ0) is 60.5. The summed E-state index contributed by atoms with van der Waals surface area (Å²) in [6.45, 7) is 1.69. The summed E-state index contributed by atoms with van der Waals surface area (Å²) in [5, 5.41) is 121. The number of hydrogen-bond donors (Lipinski definition) is 12. The zero-order valence-electron chi connectivity index (χ0n) is 50.9. The first-order valence-electron chi connectivity index (χ1n) is 32.7. The van der Waals surface area contributed by atoms with E-state index in [1.807, 2.05) is 0 Å². The van der Waals surface area contributed by atoms with Crippen molar-refractivity contribution >= 4 is 5.91 Å². The maximum Gasteiger partial charge on any atom is 0.220 e. The van der Waals surface area contributed by atoms with E-state index in [9.17, 15) is 61.0 Å². The Hall–Kier alpha value is -1.99.